The average Bonchev–Trinajstić information content (AvgIpc) is 2.61. The molecule has 0 aliphatic carbocycles. The molecule has 0 spiro atoms. The average molecular weight is 427 g/mol. The van der Waals surface area contributed by atoms with E-state index in [1.165, 1.54) is 18.2 Å². The summed E-state index contributed by atoms with van der Waals surface area (Å²) < 4.78 is 23.5. The third-order valence-corrected chi connectivity index (χ3v) is 6.23. The lowest BCUT2D eigenvalue weighted by Crippen LogP contribution is -2.48. The molecule has 0 bridgehead atoms. The number of amides is 1. The Kier molecular flexibility index (Phi) is 6.11. The Morgan fingerprint density at radius 2 is 1.74 bits per heavy atom. The van der Waals surface area contributed by atoms with Crippen molar-refractivity contribution in [1.82, 2.24) is 9.80 Å². The highest BCUT2D eigenvalue weighted by Crippen LogP contribution is 2.23. The SMILES string of the molecule is CS(=O)(=O)c1ccc(Cl)c(C(=O)N2CCN(Cc3cccc(Cl)c3)CC2)c1. The fraction of sp³-hybridized carbons (Fsp3) is 0.316. The first-order valence-electron chi connectivity index (χ1n) is 8.50. The van der Waals surface area contributed by atoms with Crippen molar-refractivity contribution in [2.24, 2.45) is 0 Å². The number of nitrogens with zero attached hydrogens (tertiary/aromatic N) is 2. The molecule has 1 amide bonds. The van der Waals surface area contributed by atoms with E-state index in [-0.39, 0.29) is 21.4 Å². The predicted octanol–water partition coefficient (Wildman–Crippen LogP) is 3.35. The molecule has 0 saturated carbocycles. The second-order valence-electron chi connectivity index (χ2n) is 6.61. The number of benzene rings is 2. The predicted molar refractivity (Wildman–Crippen MR) is 107 cm³/mol. The summed E-state index contributed by atoms with van der Waals surface area (Å²) in [5.41, 5.74) is 1.36. The summed E-state index contributed by atoms with van der Waals surface area (Å²) in [5.74, 6) is -0.243. The zero-order chi connectivity index (χ0) is 19.6. The summed E-state index contributed by atoms with van der Waals surface area (Å²) in [5, 5.41) is 0.968. The monoisotopic (exact) mass is 426 g/mol. The van der Waals surface area contributed by atoms with E-state index >= 15 is 0 Å². The van der Waals surface area contributed by atoms with E-state index in [1.54, 1.807) is 4.90 Å². The van der Waals surface area contributed by atoms with Gasteiger partial charge in [0.15, 0.2) is 9.84 Å². The molecule has 8 heteroatoms. The highest BCUT2D eigenvalue weighted by atomic mass is 35.5. The molecule has 1 fully saturated rings. The molecule has 5 nitrogen and oxygen atoms in total. The lowest BCUT2D eigenvalue weighted by molar-refractivity contribution is 0.0628. The van der Waals surface area contributed by atoms with Gasteiger partial charge < -0.3 is 4.90 Å². The third kappa shape index (κ3) is 5.02. The first kappa shape index (κ1) is 20.1. The zero-order valence-electron chi connectivity index (χ0n) is 14.9. The van der Waals surface area contributed by atoms with Gasteiger partial charge >= 0.3 is 0 Å². The smallest absolute Gasteiger partial charge is 0.255 e. The van der Waals surface area contributed by atoms with Crippen molar-refractivity contribution in [1.29, 1.82) is 0 Å². The Labute approximate surface area is 169 Å². The van der Waals surface area contributed by atoms with Gasteiger partial charge in [0, 0.05) is 44.0 Å². The molecule has 2 aromatic carbocycles. The summed E-state index contributed by atoms with van der Waals surface area (Å²) >= 11 is 12.2. The number of carbonyl (C=O) groups excluding carboxylic acids is 1. The quantitative estimate of drug-likeness (QED) is 0.751. The van der Waals surface area contributed by atoms with Crippen LogP contribution in [0, 0.1) is 0 Å². The summed E-state index contributed by atoms with van der Waals surface area (Å²) in [7, 11) is -3.40. The van der Waals surface area contributed by atoms with Gasteiger partial charge in [0.1, 0.15) is 0 Å². The summed E-state index contributed by atoms with van der Waals surface area (Å²) in [6.07, 6.45) is 1.11. The number of hydrogen-bond donors (Lipinski definition) is 0. The van der Waals surface area contributed by atoms with Gasteiger partial charge in [0.05, 0.1) is 15.5 Å². The Balaban J connectivity index is 1.67. The first-order chi connectivity index (χ1) is 12.7. The van der Waals surface area contributed by atoms with Crippen molar-refractivity contribution in [3.05, 3.63) is 63.6 Å². The molecule has 27 heavy (non-hydrogen) atoms. The first-order valence-corrected chi connectivity index (χ1v) is 11.1. The Hall–Kier alpha value is -1.60. The normalized spacial score (nSPS) is 15.7. The van der Waals surface area contributed by atoms with Gasteiger partial charge in [0.25, 0.3) is 5.91 Å². The number of hydrogen-bond acceptors (Lipinski definition) is 4. The van der Waals surface area contributed by atoms with E-state index in [0.29, 0.717) is 18.1 Å². The van der Waals surface area contributed by atoms with Crippen molar-refractivity contribution in [3.63, 3.8) is 0 Å². The molecule has 1 heterocycles. The molecular weight excluding hydrogens is 407 g/mol. The molecule has 1 aliphatic heterocycles. The van der Waals surface area contributed by atoms with Gasteiger partial charge in [-0.3, -0.25) is 9.69 Å². The van der Waals surface area contributed by atoms with Gasteiger partial charge in [-0.15, -0.1) is 0 Å². The lowest BCUT2D eigenvalue weighted by atomic mass is 10.1. The van der Waals surface area contributed by atoms with Crippen molar-refractivity contribution in [2.75, 3.05) is 32.4 Å². The van der Waals surface area contributed by atoms with E-state index in [2.05, 4.69) is 4.90 Å². The molecule has 1 saturated heterocycles. The highest BCUT2D eigenvalue weighted by Gasteiger charge is 2.24. The fourth-order valence-electron chi connectivity index (χ4n) is 3.07. The van der Waals surface area contributed by atoms with Crippen LogP contribution in [0.25, 0.3) is 0 Å². The van der Waals surface area contributed by atoms with Crippen molar-refractivity contribution in [3.8, 4) is 0 Å². The maximum atomic E-state index is 12.8. The van der Waals surface area contributed by atoms with E-state index in [9.17, 15) is 13.2 Å². The molecule has 0 radical (unpaired) electrons. The van der Waals surface area contributed by atoms with Gasteiger partial charge in [-0.1, -0.05) is 35.3 Å². The molecule has 144 valence electrons. The van der Waals surface area contributed by atoms with E-state index in [1.807, 2.05) is 24.3 Å². The Morgan fingerprint density at radius 3 is 2.37 bits per heavy atom. The van der Waals surface area contributed by atoms with Crippen molar-refractivity contribution in [2.45, 2.75) is 11.4 Å². The molecule has 0 unspecified atom stereocenters. The van der Waals surface area contributed by atoms with E-state index < -0.39 is 9.84 Å². The molecular formula is C19H20Cl2N2O3S. The van der Waals surface area contributed by atoms with Crippen LogP contribution in [0.4, 0.5) is 0 Å². The number of halogens is 2. The van der Waals surface area contributed by atoms with Crippen molar-refractivity contribution < 1.29 is 13.2 Å². The van der Waals surface area contributed by atoms with Crippen molar-refractivity contribution >= 4 is 38.9 Å². The third-order valence-electron chi connectivity index (χ3n) is 4.55. The second kappa shape index (κ2) is 8.19. The van der Waals surface area contributed by atoms with Gasteiger partial charge in [-0.05, 0) is 35.9 Å². The zero-order valence-corrected chi connectivity index (χ0v) is 17.2. The standard InChI is InChI=1S/C19H20Cl2N2O3S/c1-27(25,26)16-5-6-18(21)17(12-16)19(24)23-9-7-22(8-10-23)13-14-3-2-4-15(20)11-14/h2-6,11-12H,7-10,13H2,1H3. The molecule has 2 aromatic rings. The molecule has 0 atom stereocenters. The number of rotatable bonds is 4. The minimum absolute atomic E-state index is 0.0924. The number of sulfone groups is 1. The van der Waals surface area contributed by atoms with E-state index in [0.717, 1.165) is 31.5 Å². The molecule has 0 aromatic heterocycles. The summed E-state index contributed by atoms with van der Waals surface area (Å²) in [4.78, 5) is 16.9. The van der Waals surface area contributed by atoms with Crippen LogP contribution in [0.2, 0.25) is 10.0 Å². The van der Waals surface area contributed by atoms with Crippen LogP contribution in [0.1, 0.15) is 15.9 Å². The van der Waals surface area contributed by atoms with Crippen LogP contribution < -0.4 is 0 Å². The molecule has 3 rings (SSSR count). The Morgan fingerprint density at radius 1 is 1.04 bits per heavy atom. The topological polar surface area (TPSA) is 57.7 Å². The minimum Gasteiger partial charge on any atom is -0.336 e. The van der Waals surface area contributed by atoms with Crippen LogP contribution in [0.15, 0.2) is 47.4 Å². The number of carbonyl (C=O) groups is 1. The summed E-state index contributed by atoms with van der Waals surface area (Å²) in [6.45, 7) is 3.33. The van der Waals surface area contributed by atoms with Crippen LogP contribution in [0.5, 0.6) is 0 Å². The van der Waals surface area contributed by atoms with Crippen LogP contribution in [0.3, 0.4) is 0 Å². The molecule has 1 aliphatic rings. The second-order valence-corrected chi connectivity index (χ2v) is 9.47. The van der Waals surface area contributed by atoms with Gasteiger partial charge in [-0.2, -0.15) is 0 Å². The Bertz CT molecular complexity index is 955. The van der Waals surface area contributed by atoms with Crippen LogP contribution in [-0.2, 0) is 16.4 Å². The van der Waals surface area contributed by atoms with Gasteiger partial charge in [-0.25, -0.2) is 8.42 Å². The number of piperazine rings is 1. The summed E-state index contributed by atoms with van der Waals surface area (Å²) in [6, 6.07) is 12.0. The van der Waals surface area contributed by atoms with Crippen LogP contribution in [-0.4, -0.2) is 56.6 Å². The fourth-order valence-corrected chi connectivity index (χ4v) is 4.13. The maximum absolute atomic E-state index is 12.8. The van der Waals surface area contributed by atoms with Crippen LogP contribution >= 0.6 is 23.2 Å². The van der Waals surface area contributed by atoms with Gasteiger partial charge in [0.2, 0.25) is 0 Å². The minimum atomic E-state index is -3.40. The highest BCUT2D eigenvalue weighted by molar-refractivity contribution is 7.90. The molecule has 0 N–H and O–H groups in total. The maximum Gasteiger partial charge on any atom is 0.255 e. The van der Waals surface area contributed by atoms with E-state index in [4.69, 9.17) is 23.2 Å². The largest absolute Gasteiger partial charge is 0.336 e. The lowest BCUT2D eigenvalue weighted by Gasteiger charge is -2.35.